The Kier molecular flexibility index (Phi) is 6.59. The number of methoxy groups -OCH3 is 1. The molecule has 7 nitrogen and oxygen atoms in total. The molecule has 2 heterocycles. The van der Waals surface area contributed by atoms with E-state index in [4.69, 9.17) is 4.74 Å². The first-order chi connectivity index (χ1) is 13.2. The van der Waals surface area contributed by atoms with Crippen LogP contribution in [0.2, 0.25) is 0 Å². The van der Waals surface area contributed by atoms with Gasteiger partial charge in [-0.15, -0.1) is 10.2 Å². The summed E-state index contributed by atoms with van der Waals surface area (Å²) in [5.74, 6) is 1.45. The number of rotatable bonds is 7. The van der Waals surface area contributed by atoms with Crippen molar-refractivity contribution in [1.29, 1.82) is 0 Å². The molecule has 7 heteroatoms. The molecule has 0 spiro atoms. The van der Waals surface area contributed by atoms with Crippen molar-refractivity contribution in [1.82, 2.24) is 20.4 Å². The van der Waals surface area contributed by atoms with Crippen LogP contribution >= 0.6 is 0 Å². The molecule has 27 heavy (non-hydrogen) atoms. The molecule has 144 valence electrons. The van der Waals surface area contributed by atoms with Gasteiger partial charge in [-0.2, -0.15) is 0 Å². The number of carbonyl (C=O) groups is 1. The number of nitrogens with zero attached hydrogens (tertiary/aromatic N) is 4. The Morgan fingerprint density at radius 3 is 2.63 bits per heavy atom. The van der Waals surface area contributed by atoms with Crippen molar-refractivity contribution in [3.8, 4) is 5.75 Å². The highest BCUT2D eigenvalue weighted by molar-refractivity contribution is 5.92. The molecule has 0 aliphatic carbocycles. The fourth-order valence-corrected chi connectivity index (χ4v) is 3.15. The topological polar surface area (TPSA) is 70.6 Å². The first kappa shape index (κ1) is 19.1. The molecule has 1 fully saturated rings. The summed E-state index contributed by atoms with van der Waals surface area (Å²) in [5.41, 5.74) is 1.46. The summed E-state index contributed by atoms with van der Waals surface area (Å²) in [7, 11) is 1.65. The number of hydrogen-bond donors (Lipinski definition) is 1. The first-order valence-electron chi connectivity index (χ1n) is 9.41. The van der Waals surface area contributed by atoms with E-state index in [0.29, 0.717) is 12.2 Å². The third-order valence-electron chi connectivity index (χ3n) is 4.86. The maximum Gasteiger partial charge on any atom is 0.271 e. The van der Waals surface area contributed by atoms with Gasteiger partial charge in [-0.25, -0.2) is 0 Å². The molecule has 2 aromatic rings. The van der Waals surface area contributed by atoms with Crippen LogP contribution in [-0.2, 0) is 6.42 Å². The highest BCUT2D eigenvalue weighted by Crippen LogP contribution is 2.14. The lowest BCUT2D eigenvalue weighted by Crippen LogP contribution is -2.46. The van der Waals surface area contributed by atoms with E-state index in [1.807, 2.05) is 30.3 Å². The Bertz CT molecular complexity index is 742. The Balaban J connectivity index is 1.48. The van der Waals surface area contributed by atoms with Crippen LogP contribution in [0.25, 0.3) is 0 Å². The molecule has 0 saturated carbocycles. The summed E-state index contributed by atoms with van der Waals surface area (Å²) >= 11 is 0. The largest absolute Gasteiger partial charge is 0.497 e. The fraction of sp³-hybridized carbons (Fsp3) is 0.450. The second-order valence-corrected chi connectivity index (χ2v) is 6.56. The van der Waals surface area contributed by atoms with Crippen molar-refractivity contribution in [3.63, 3.8) is 0 Å². The molecule has 1 aromatic carbocycles. The number of hydrogen-bond acceptors (Lipinski definition) is 6. The van der Waals surface area contributed by atoms with Crippen molar-refractivity contribution >= 4 is 11.7 Å². The van der Waals surface area contributed by atoms with Gasteiger partial charge in [-0.1, -0.05) is 19.1 Å². The van der Waals surface area contributed by atoms with Gasteiger partial charge in [0, 0.05) is 32.7 Å². The van der Waals surface area contributed by atoms with Crippen molar-refractivity contribution in [3.05, 3.63) is 47.7 Å². The third-order valence-corrected chi connectivity index (χ3v) is 4.86. The Hall–Kier alpha value is -2.67. The van der Waals surface area contributed by atoms with Crippen LogP contribution in [0.5, 0.6) is 5.75 Å². The monoisotopic (exact) mass is 369 g/mol. The number of likely N-dealkylation sites (N-methyl/N-ethyl adjacent to an activating group) is 1. The van der Waals surface area contributed by atoms with Gasteiger partial charge in [-0.05, 0) is 42.8 Å². The maximum absolute atomic E-state index is 12.3. The number of benzene rings is 1. The van der Waals surface area contributed by atoms with Gasteiger partial charge in [0.1, 0.15) is 5.75 Å². The van der Waals surface area contributed by atoms with E-state index in [1.54, 1.807) is 13.2 Å². The lowest BCUT2D eigenvalue weighted by Gasteiger charge is -2.34. The van der Waals surface area contributed by atoms with Gasteiger partial charge in [0.25, 0.3) is 5.91 Å². The van der Waals surface area contributed by atoms with E-state index in [2.05, 4.69) is 32.2 Å². The van der Waals surface area contributed by atoms with Gasteiger partial charge in [-0.3, -0.25) is 4.79 Å². The molecular formula is C20H27N5O2. The van der Waals surface area contributed by atoms with Crippen molar-refractivity contribution in [2.45, 2.75) is 13.3 Å². The molecule has 1 amide bonds. The zero-order chi connectivity index (χ0) is 19.1. The van der Waals surface area contributed by atoms with Crippen LogP contribution in [0.15, 0.2) is 36.4 Å². The van der Waals surface area contributed by atoms with Crippen LogP contribution in [0.1, 0.15) is 23.0 Å². The van der Waals surface area contributed by atoms with Gasteiger partial charge in [0.2, 0.25) is 0 Å². The summed E-state index contributed by atoms with van der Waals surface area (Å²) in [6.07, 6.45) is 0.732. The first-order valence-corrected chi connectivity index (χ1v) is 9.41. The van der Waals surface area contributed by atoms with Crippen LogP contribution in [0, 0.1) is 0 Å². The van der Waals surface area contributed by atoms with Crippen LogP contribution in [0.3, 0.4) is 0 Å². The van der Waals surface area contributed by atoms with Crippen molar-refractivity contribution in [2.75, 3.05) is 51.3 Å². The van der Waals surface area contributed by atoms with E-state index < -0.39 is 0 Å². The summed E-state index contributed by atoms with van der Waals surface area (Å²) in [5, 5.41) is 11.2. The number of amides is 1. The molecule has 3 rings (SSSR count). The molecule has 1 aliphatic rings. The highest BCUT2D eigenvalue weighted by atomic mass is 16.5. The lowest BCUT2D eigenvalue weighted by molar-refractivity contribution is 0.0948. The standard InChI is InChI=1S/C20H27N5O2/c1-3-24-11-13-25(14-12-24)19-8-7-18(22-23-19)20(26)21-10-9-16-5-4-6-17(15-16)27-2/h4-8,15H,3,9-14H2,1-2H3,(H,21,26). The average molecular weight is 369 g/mol. The van der Waals surface area contributed by atoms with E-state index in [-0.39, 0.29) is 5.91 Å². The minimum atomic E-state index is -0.201. The minimum Gasteiger partial charge on any atom is -0.497 e. The van der Waals surface area contributed by atoms with E-state index in [9.17, 15) is 4.79 Å². The Morgan fingerprint density at radius 2 is 1.96 bits per heavy atom. The number of anilines is 1. The average Bonchev–Trinajstić information content (AvgIpc) is 2.74. The second kappa shape index (κ2) is 9.32. The maximum atomic E-state index is 12.3. The Labute approximate surface area is 160 Å². The fourth-order valence-electron chi connectivity index (χ4n) is 3.15. The van der Waals surface area contributed by atoms with Gasteiger partial charge in [0.05, 0.1) is 7.11 Å². The molecule has 1 aliphatic heterocycles. The number of aromatic nitrogens is 2. The molecular weight excluding hydrogens is 342 g/mol. The molecule has 1 saturated heterocycles. The lowest BCUT2D eigenvalue weighted by atomic mass is 10.1. The molecule has 1 aromatic heterocycles. The molecule has 0 radical (unpaired) electrons. The van der Waals surface area contributed by atoms with Crippen LogP contribution in [-0.4, -0.2) is 67.4 Å². The van der Waals surface area contributed by atoms with Gasteiger partial charge in [0.15, 0.2) is 11.5 Å². The third kappa shape index (κ3) is 5.17. The minimum absolute atomic E-state index is 0.201. The summed E-state index contributed by atoms with van der Waals surface area (Å²) in [6.45, 7) is 7.73. The predicted octanol–water partition coefficient (Wildman–Crippen LogP) is 1.60. The SMILES string of the molecule is CCN1CCN(c2ccc(C(=O)NCCc3cccc(OC)c3)nn2)CC1. The normalized spacial score (nSPS) is 14.8. The summed E-state index contributed by atoms with van der Waals surface area (Å²) in [4.78, 5) is 16.9. The molecule has 0 bridgehead atoms. The molecule has 0 unspecified atom stereocenters. The van der Waals surface area contributed by atoms with Crippen LogP contribution in [0.4, 0.5) is 5.82 Å². The quantitative estimate of drug-likeness (QED) is 0.799. The van der Waals surface area contributed by atoms with Gasteiger partial charge < -0.3 is 19.9 Å². The number of carbonyl (C=O) groups excluding carboxylic acids is 1. The zero-order valence-electron chi connectivity index (χ0n) is 16.0. The second-order valence-electron chi connectivity index (χ2n) is 6.56. The van der Waals surface area contributed by atoms with Crippen molar-refractivity contribution in [2.24, 2.45) is 0 Å². The summed E-state index contributed by atoms with van der Waals surface area (Å²) in [6, 6.07) is 11.5. The van der Waals surface area contributed by atoms with E-state index in [1.165, 1.54) is 0 Å². The predicted molar refractivity (Wildman–Crippen MR) is 105 cm³/mol. The molecule has 1 N–H and O–H groups in total. The smallest absolute Gasteiger partial charge is 0.271 e. The number of nitrogens with one attached hydrogen (secondary N) is 1. The summed E-state index contributed by atoms with van der Waals surface area (Å²) < 4.78 is 5.21. The van der Waals surface area contributed by atoms with E-state index in [0.717, 1.165) is 56.3 Å². The number of piperazine rings is 1. The van der Waals surface area contributed by atoms with Crippen molar-refractivity contribution < 1.29 is 9.53 Å². The van der Waals surface area contributed by atoms with E-state index >= 15 is 0 Å². The Morgan fingerprint density at radius 1 is 1.15 bits per heavy atom. The molecule has 0 atom stereocenters. The highest BCUT2D eigenvalue weighted by Gasteiger charge is 2.17. The van der Waals surface area contributed by atoms with Gasteiger partial charge >= 0.3 is 0 Å². The number of ether oxygens (including phenoxy) is 1. The van der Waals surface area contributed by atoms with Crippen LogP contribution < -0.4 is 15.0 Å². The zero-order valence-corrected chi connectivity index (χ0v) is 16.0.